The number of methoxy groups -OCH3 is 3. The Balaban J connectivity index is 1.65. The van der Waals surface area contributed by atoms with Gasteiger partial charge in [-0.2, -0.15) is 0 Å². The van der Waals surface area contributed by atoms with Gasteiger partial charge in [-0.15, -0.1) is 0 Å². The van der Waals surface area contributed by atoms with Crippen LogP contribution in [0.25, 0.3) is 44.2 Å². The minimum atomic E-state index is 0.571. The summed E-state index contributed by atoms with van der Waals surface area (Å²) in [5.41, 5.74) is 6.22. The van der Waals surface area contributed by atoms with Crippen molar-refractivity contribution in [2.24, 2.45) is 7.05 Å². The van der Waals surface area contributed by atoms with Crippen LogP contribution in [0.1, 0.15) is 0 Å². The molecule has 0 aliphatic carbocycles. The van der Waals surface area contributed by atoms with Crippen molar-refractivity contribution in [1.29, 1.82) is 0 Å². The Morgan fingerprint density at radius 1 is 0.839 bits per heavy atom. The standard InChI is InChI=1S/C25H23N3O3/c1-28-8-7-16-9-15(5-6-21(16)28)20-14-27-25-19(20)10-18(13-26-25)17-11-22(29-2)24(31-4)23(12-17)30-3/h5-14H,1-4H3,(H,26,27). The van der Waals surface area contributed by atoms with E-state index in [4.69, 9.17) is 14.2 Å². The van der Waals surface area contributed by atoms with Crippen LogP contribution in [0.2, 0.25) is 0 Å². The fourth-order valence-corrected chi connectivity index (χ4v) is 4.10. The molecule has 0 aliphatic rings. The average molecular weight is 413 g/mol. The van der Waals surface area contributed by atoms with Gasteiger partial charge in [0, 0.05) is 53.1 Å². The van der Waals surface area contributed by atoms with E-state index in [2.05, 4.69) is 58.1 Å². The van der Waals surface area contributed by atoms with Crippen molar-refractivity contribution >= 4 is 21.9 Å². The zero-order valence-corrected chi connectivity index (χ0v) is 17.9. The molecule has 0 spiro atoms. The highest BCUT2D eigenvalue weighted by Gasteiger charge is 2.16. The first-order chi connectivity index (χ1) is 15.1. The van der Waals surface area contributed by atoms with E-state index < -0.39 is 0 Å². The topological polar surface area (TPSA) is 61.3 Å². The third-order valence-corrected chi connectivity index (χ3v) is 5.73. The van der Waals surface area contributed by atoms with E-state index >= 15 is 0 Å². The first-order valence-corrected chi connectivity index (χ1v) is 9.96. The van der Waals surface area contributed by atoms with Crippen LogP contribution in [0, 0.1) is 0 Å². The maximum absolute atomic E-state index is 5.52. The number of rotatable bonds is 5. The van der Waals surface area contributed by atoms with Crippen molar-refractivity contribution in [3.05, 3.63) is 61.1 Å². The van der Waals surface area contributed by atoms with Crippen LogP contribution in [0.4, 0.5) is 0 Å². The summed E-state index contributed by atoms with van der Waals surface area (Å²) in [5.74, 6) is 1.79. The van der Waals surface area contributed by atoms with Crippen molar-refractivity contribution in [1.82, 2.24) is 14.5 Å². The van der Waals surface area contributed by atoms with Crippen LogP contribution < -0.4 is 14.2 Å². The highest BCUT2D eigenvalue weighted by Crippen LogP contribution is 2.42. The number of aromatic nitrogens is 3. The van der Waals surface area contributed by atoms with Gasteiger partial charge in [-0.25, -0.2) is 4.98 Å². The van der Waals surface area contributed by atoms with Crippen LogP contribution in [-0.2, 0) is 7.05 Å². The summed E-state index contributed by atoms with van der Waals surface area (Å²) in [4.78, 5) is 7.95. The number of hydrogen-bond acceptors (Lipinski definition) is 4. The summed E-state index contributed by atoms with van der Waals surface area (Å²) in [6, 6.07) is 14.7. The maximum Gasteiger partial charge on any atom is 0.203 e. The summed E-state index contributed by atoms with van der Waals surface area (Å²) in [5, 5.41) is 2.27. The number of H-pyrrole nitrogens is 1. The molecule has 0 saturated heterocycles. The smallest absolute Gasteiger partial charge is 0.203 e. The molecule has 0 saturated carbocycles. The molecule has 3 aromatic heterocycles. The SMILES string of the molecule is COc1cc(-c2cnc3[nH]cc(-c4ccc5c(ccn5C)c4)c3c2)cc(OC)c1OC. The first-order valence-electron chi connectivity index (χ1n) is 9.96. The summed E-state index contributed by atoms with van der Waals surface area (Å²) < 4.78 is 18.6. The van der Waals surface area contributed by atoms with Crippen molar-refractivity contribution < 1.29 is 14.2 Å². The minimum Gasteiger partial charge on any atom is -0.493 e. The fraction of sp³-hybridized carbons (Fsp3) is 0.160. The van der Waals surface area contributed by atoms with E-state index in [0.29, 0.717) is 17.2 Å². The predicted octanol–water partition coefficient (Wildman–Crippen LogP) is 5.41. The highest BCUT2D eigenvalue weighted by molar-refractivity contribution is 5.98. The fourth-order valence-electron chi connectivity index (χ4n) is 4.10. The minimum absolute atomic E-state index is 0.571. The molecule has 3 heterocycles. The second-order valence-electron chi connectivity index (χ2n) is 7.44. The number of nitrogens with one attached hydrogen (secondary N) is 1. The molecule has 6 heteroatoms. The average Bonchev–Trinajstić information content (AvgIpc) is 3.40. The van der Waals surface area contributed by atoms with Crippen molar-refractivity contribution in [2.45, 2.75) is 0 Å². The molecular formula is C25H23N3O3. The van der Waals surface area contributed by atoms with Gasteiger partial charge in [0.2, 0.25) is 5.75 Å². The largest absolute Gasteiger partial charge is 0.493 e. The quantitative estimate of drug-likeness (QED) is 0.418. The molecule has 6 nitrogen and oxygen atoms in total. The van der Waals surface area contributed by atoms with E-state index in [1.54, 1.807) is 21.3 Å². The second-order valence-corrected chi connectivity index (χ2v) is 7.44. The lowest BCUT2D eigenvalue weighted by atomic mass is 10.0. The summed E-state index contributed by atoms with van der Waals surface area (Å²) in [6.45, 7) is 0. The number of aryl methyl sites for hydroxylation is 1. The van der Waals surface area contributed by atoms with E-state index in [1.807, 2.05) is 24.5 Å². The van der Waals surface area contributed by atoms with Crippen LogP contribution in [0.15, 0.2) is 61.1 Å². The third-order valence-electron chi connectivity index (χ3n) is 5.73. The molecule has 0 amide bonds. The van der Waals surface area contributed by atoms with Crippen molar-refractivity contribution in [3.63, 3.8) is 0 Å². The van der Waals surface area contributed by atoms with Crippen LogP contribution >= 0.6 is 0 Å². The summed E-state index contributed by atoms with van der Waals surface area (Å²) >= 11 is 0. The molecule has 0 fully saturated rings. The Labute approximate surface area is 180 Å². The first kappa shape index (κ1) is 19.1. The molecule has 156 valence electrons. The lowest BCUT2D eigenvalue weighted by molar-refractivity contribution is 0.324. The molecule has 0 atom stereocenters. The van der Waals surface area contributed by atoms with Gasteiger partial charge in [0.25, 0.3) is 0 Å². The van der Waals surface area contributed by atoms with Gasteiger partial charge >= 0.3 is 0 Å². The van der Waals surface area contributed by atoms with Crippen molar-refractivity contribution in [3.8, 4) is 39.5 Å². The van der Waals surface area contributed by atoms with Gasteiger partial charge in [-0.3, -0.25) is 0 Å². The Morgan fingerprint density at radius 3 is 2.32 bits per heavy atom. The summed E-state index contributed by atoms with van der Waals surface area (Å²) in [6.07, 6.45) is 5.94. The van der Waals surface area contributed by atoms with Gasteiger partial charge in [0.15, 0.2) is 11.5 Å². The molecule has 0 aliphatic heterocycles. The monoisotopic (exact) mass is 413 g/mol. The Hall–Kier alpha value is -3.93. The summed E-state index contributed by atoms with van der Waals surface area (Å²) in [7, 11) is 6.89. The molecule has 5 rings (SSSR count). The zero-order valence-electron chi connectivity index (χ0n) is 17.9. The maximum atomic E-state index is 5.52. The Bertz CT molecular complexity index is 1390. The van der Waals surface area contributed by atoms with E-state index in [1.165, 1.54) is 10.9 Å². The van der Waals surface area contributed by atoms with Gasteiger partial charge in [-0.05, 0) is 47.5 Å². The Kier molecular flexibility index (Phi) is 4.55. The number of benzene rings is 2. The molecule has 0 bridgehead atoms. The van der Waals surface area contributed by atoms with Gasteiger partial charge in [-0.1, -0.05) is 6.07 Å². The van der Waals surface area contributed by atoms with Gasteiger partial charge in [0.05, 0.1) is 21.3 Å². The number of aromatic amines is 1. The van der Waals surface area contributed by atoms with Crippen LogP contribution in [-0.4, -0.2) is 35.9 Å². The molecule has 1 N–H and O–H groups in total. The lowest BCUT2D eigenvalue weighted by Gasteiger charge is -2.14. The highest BCUT2D eigenvalue weighted by atomic mass is 16.5. The predicted molar refractivity (Wildman–Crippen MR) is 123 cm³/mol. The van der Waals surface area contributed by atoms with Gasteiger partial charge in [0.1, 0.15) is 5.65 Å². The zero-order chi connectivity index (χ0) is 21.5. The number of pyridine rings is 1. The molecule has 5 aromatic rings. The molecule has 31 heavy (non-hydrogen) atoms. The molecule has 0 unspecified atom stereocenters. The van der Waals surface area contributed by atoms with E-state index in [9.17, 15) is 0 Å². The van der Waals surface area contributed by atoms with E-state index in [0.717, 1.165) is 33.3 Å². The number of ether oxygens (including phenoxy) is 3. The number of fused-ring (bicyclic) bond motifs is 2. The van der Waals surface area contributed by atoms with Crippen LogP contribution in [0.3, 0.4) is 0 Å². The van der Waals surface area contributed by atoms with Gasteiger partial charge < -0.3 is 23.8 Å². The van der Waals surface area contributed by atoms with Crippen LogP contribution in [0.5, 0.6) is 17.2 Å². The van der Waals surface area contributed by atoms with Crippen molar-refractivity contribution in [2.75, 3.05) is 21.3 Å². The molecule has 2 aromatic carbocycles. The molecule has 0 radical (unpaired) electrons. The molecular weight excluding hydrogens is 390 g/mol. The normalized spacial score (nSPS) is 11.2. The number of nitrogens with zero attached hydrogens (tertiary/aromatic N) is 2. The Morgan fingerprint density at radius 2 is 1.61 bits per heavy atom. The lowest BCUT2D eigenvalue weighted by Crippen LogP contribution is -1.96. The second kappa shape index (κ2) is 7.40. The third kappa shape index (κ3) is 3.08. The van der Waals surface area contributed by atoms with E-state index in [-0.39, 0.29) is 0 Å². The number of hydrogen-bond donors (Lipinski definition) is 1.